The molecule has 0 saturated carbocycles. The van der Waals surface area contributed by atoms with Crippen molar-refractivity contribution < 1.29 is 22.8 Å². The molecular formula is C19H21F3N4O4. The van der Waals surface area contributed by atoms with Crippen LogP contribution < -0.4 is 16.6 Å². The molecule has 0 aliphatic carbocycles. The molecule has 0 atom stereocenters. The Morgan fingerprint density at radius 2 is 1.80 bits per heavy atom. The molecule has 1 aromatic carbocycles. The van der Waals surface area contributed by atoms with Gasteiger partial charge in [0.1, 0.15) is 0 Å². The van der Waals surface area contributed by atoms with Crippen LogP contribution in [0.2, 0.25) is 0 Å². The van der Waals surface area contributed by atoms with Crippen LogP contribution in [0.1, 0.15) is 30.2 Å². The van der Waals surface area contributed by atoms with Gasteiger partial charge in [-0.1, -0.05) is 12.1 Å². The highest BCUT2D eigenvalue weighted by atomic mass is 19.4. The molecule has 8 nitrogen and oxygen atoms in total. The zero-order valence-corrected chi connectivity index (χ0v) is 16.4. The molecule has 0 bridgehead atoms. The van der Waals surface area contributed by atoms with E-state index in [1.54, 1.807) is 6.92 Å². The Labute approximate surface area is 169 Å². The van der Waals surface area contributed by atoms with E-state index in [1.807, 2.05) is 0 Å². The van der Waals surface area contributed by atoms with Gasteiger partial charge in [-0.3, -0.25) is 19.4 Å². The predicted octanol–water partition coefficient (Wildman–Crippen LogP) is 1.81. The first-order valence-electron chi connectivity index (χ1n) is 9.08. The zero-order valence-electron chi connectivity index (χ0n) is 16.4. The van der Waals surface area contributed by atoms with E-state index in [0.717, 1.165) is 12.1 Å². The van der Waals surface area contributed by atoms with Gasteiger partial charge in [-0.05, 0) is 32.4 Å². The summed E-state index contributed by atoms with van der Waals surface area (Å²) in [5.41, 5.74) is -2.06. The van der Waals surface area contributed by atoms with Crippen LogP contribution in [0.25, 0.3) is 0 Å². The molecule has 162 valence electrons. The van der Waals surface area contributed by atoms with Crippen molar-refractivity contribution in [2.45, 2.75) is 32.9 Å². The number of aryl methyl sites for hydroxylation is 1. The van der Waals surface area contributed by atoms with Crippen LogP contribution >= 0.6 is 0 Å². The third-order valence-corrected chi connectivity index (χ3v) is 4.42. The number of carbonyl (C=O) groups excluding carboxylic acids is 2. The number of para-hydroxylation sites is 1. The molecule has 0 fully saturated rings. The number of carbonyl (C=O) groups is 2. The van der Waals surface area contributed by atoms with Crippen LogP contribution in [-0.4, -0.2) is 39.8 Å². The van der Waals surface area contributed by atoms with E-state index >= 15 is 0 Å². The van der Waals surface area contributed by atoms with Crippen LogP contribution in [0.3, 0.4) is 0 Å². The maximum absolute atomic E-state index is 13.0. The largest absolute Gasteiger partial charge is 0.418 e. The molecule has 1 heterocycles. The average molecular weight is 426 g/mol. The molecule has 0 radical (unpaired) electrons. The topological polar surface area (TPSA) is 115 Å². The first kappa shape index (κ1) is 22.9. The lowest BCUT2D eigenvalue weighted by atomic mass is 10.1. The fourth-order valence-electron chi connectivity index (χ4n) is 2.90. The van der Waals surface area contributed by atoms with Crippen molar-refractivity contribution in [3.8, 4) is 0 Å². The second-order valence-electron chi connectivity index (χ2n) is 6.51. The number of nitrogens with one attached hydrogen (secondary N) is 3. The molecule has 0 unspecified atom stereocenters. The van der Waals surface area contributed by atoms with Crippen molar-refractivity contribution in [3.63, 3.8) is 0 Å². The lowest BCUT2D eigenvalue weighted by Crippen LogP contribution is -2.38. The van der Waals surface area contributed by atoms with E-state index in [4.69, 9.17) is 0 Å². The molecule has 0 aliphatic heterocycles. The molecule has 0 aliphatic rings. The minimum Gasteiger partial charge on any atom is -0.334 e. The number of amides is 2. The SMILES string of the molecule is CCN(CC(=O)Nc1ccccc1C(F)(F)F)C(=O)CCc1c(C)[nH]c(=O)[nH]c1=O. The molecule has 0 spiro atoms. The van der Waals surface area contributed by atoms with Crippen LogP contribution in [0.5, 0.6) is 0 Å². The summed E-state index contributed by atoms with van der Waals surface area (Å²) < 4.78 is 39.1. The van der Waals surface area contributed by atoms with E-state index in [9.17, 15) is 32.3 Å². The van der Waals surface area contributed by atoms with Crippen LogP contribution in [0.15, 0.2) is 33.9 Å². The van der Waals surface area contributed by atoms with E-state index in [-0.39, 0.29) is 24.9 Å². The lowest BCUT2D eigenvalue weighted by Gasteiger charge is -2.21. The van der Waals surface area contributed by atoms with Crippen molar-refractivity contribution in [2.24, 2.45) is 0 Å². The maximum Gasteiger partial charge on any atom is 0.418 e. The van der Waals surface area contributed by atoms with Gasteiger partial charge in [0.25, 0.3) is 5.56 Å². The third kappa shape index (κ3) is 5.82. The van der Waals surface area contributed by atoms with Crippen molar-refractivity contribution in [3.05, 3.63) is 61.9 Å². The molecule has 1 aromatic heterocycles. The first-order chi connectivity index (χ1) is 14.0. The zero-order chi connectivity index (χ0) is 22.5. The summed E-state index contributed by atoms with van der Waals surface area (Å²) in [7, 11) is 0. The number of anilines is 1. The van der Waals surface area contributed by atoms with Gasteiger partial charge in [-0.15, -0.1) is 0 Å². The minimum atomic E-state index is -4.63. The maximum atomic E-state index is 13.0. The molecule has 0 saturated heterocycles. The molecular weight excluding hydrogens is 405 g/mol. The quantitative estimate of drug-likeness (QED) is 0.626. The van der Waals surface area contributed by atoms with Gasteiger partial charge in [-0.2, -0.15) is 13.2 Å². The number of nitrogens with zero attached hydrogens (tertiary/aromatic N) is 1. The lowest BCUT2D eigenvalue weighted by molar-refractivity contribution is -0.137. The summed E-state index contributed by atoms with van der Waals surface area (Å²) in [5.74, 6) is -1.23. The number of H-pyrrole nitrogens is 2. The molecule has 11 heteroatoms. The number of hydrogen-bond acceptors (Lipinski definition) is 4. The van der Waals surface area contributed by atoms with Gasteiger partial charge in [0.05, 0.1) is 17.8 Å². The Balaban J connectivity index is 2.03. The summed E-state index contributed by atoms with van der Waals surface area (Å²) in [4.78, 5) is 53.4. The van der Waals surface area contributed by atoms with Gasteiger partial charge in [-0.25, -0.2) is 4.79 Å². The monoisotopic (exact) mass is 426 g/mol. The van der Waals surface area contributed by atoms with Crippen LogP contribution in [-0.2, 0) is 22.2 Å². The number of aromatic nitrogens is 2. The number of rotatable bonds is 7. The van der Waals surface area contributed by atoms with Gasteiger partial charge in [0.15, 0.2) is 0 Å². The standard InChI is InChI=1S/C19H21F3N4O4/c1-3-26(16(28)9-8-12-11(2)23-18(30)25-17(12)29)10-15(27)24-14-7-5-4-6-13(14)19(20,21)22/h4-7H,3,8-10H2,1-2H3,(H,24,27)(H2,23,25,29,30). The van der Waals surface area contributed by atoms with Crippen molar-refractivity contribution in [1.29, 1.82) is 0 Å². The minimum absolute atomic E-state index is 0.0335. The van der Waals surface area contributed by atoms with Gasteiger partial charge >= 0.3 is 11.9 Å². The Kier molecular flexibility index (Phi) is 7.19. The number of hydrogen-bond donors (Lipinski definition) is 3. The van der Waals surface area contributed by atoms with Gasteiger partial charge in [0.2, 0.25) is 11.8 Å². The second kappa shape index (κ2) is 9.42. The number of benzene rings is 1. The molecule has 2 aromatic rings. The summed E-state index contributed by atoms with van der Waals surface area (Å²) in [5, 5.41) is 2.19. The molecule has 30 heavy (non-hydrogen) atoms. The average Bonchev–Trinajstić information content (AvgIpc) is 2.64. The highest BCUT2D eigenvalue weighted by Gasteiger charge is 2.33. The summed E-state index contributed by atoms with van der Waals surface area (Å²) in [6.07, 6.45) is -4.71. The number of aromatic amines is 2. The van der Waals surface area contributed by atoms with Crippen LogP contribution in [0, 0.1) is 6.92 Å². The predicted molar refractivity (Wildman–Crippen MR) is 103 cm³/mol. The smallest absolute Gasteiger partial charge is 0.334 e. The summed E-state index contributed by atoms with van der Waals surface area (Å²) in [6, 6.07) is 4.55. The first-order valence-corrected chi connectivity index (χ1v) is 9.08. The Bertz CT molecular complexity index is 1040. The second-order valence-corrected chi connectivity index (χ2v) is 6.51. The van der Waals surface area contributed by atoms with Crippen molar-refractivity contribution in [1.82, 2.24) is 14.9 Å². The van der Waals surface area contributed by atoms with Crippen LogP contribution in [0.4, 0.5) is 18.9 Å². The highest BCUT2D eigenvalue weighted by molar-refractivity contribution is 5.95. The Morgan fingerprint density at radius 3 is 2.40 bits per heavy atom. The number of halogens is 3. The normalized spacial score (nSPS) is 11.2. The summed E-state index contributed by atoms with van der Waals surface area (Å²) in [6.45, 7) is 2.85. The van der Waals surface area contributed by atoms with E-state index in [0.29, 0.717) is 5.69 Å². The third-order valence-electron chi connectivity index (χ3n) is 4.42. The molecule has 2 amide bonds. The fraction of sp³-hybridized carbons (Fsp3) is 0.368. The molecule has 3 N–H and O–H groups in total. The van der Waals surface area contributed by atoms with E-state index < -0.39 is 47.0 Å². The number of likely N-dealkylation sites (N-methyl/N-ethyl adjacent to an activating group) is 1. The summed E-state index contributed by atoms with van der Waals surface area (Å²) >= 11 is 0. The number of alkyl halides is 3. The van der Waals surface area contributed by atoms with Crippen molar-refractivity contribution >= 4 is 17.5 Å². The highest BCUT2D eigenvalue weighted by Crippen LogP contribution is 2.34. The van der Waals surface area contributed by atoms with Crippen molar-refractivity contribution in [2.75, 3.05) is 18.4 Å². The fourth-order valence-corrected chi connectivity index (χ4v) is 2.90. The van der Waals surface area contributed by atoms with E-state index in [2.05, 4.69) is 15.3 Å². The Hall–Kier alpha value is -3.37. The van der Waals surface area contributed by atoms with Gasteiger partial charge < -0.3 is 15.2 Å². The molecule has 2 rings (SSSR count). The Morgan fingerprint density at radius 1 is 1.13 bits per heavy atom. The van der Waals surface area contributed by atoms with E-state index in [1.165, 1.54) is 24.0 Å². The van der Waals surface area contributed by atoms with Gasteiger partial charge in [0, 0.05) is 24.2 Å².